The summed E-state index contributed by atoms with van der Waals surface area (Å²) >= 11 is 5.78. The van der Waals surface area contributed by atoms with Crippen LogP contribution in [0.25, 0.3) is 0 Å². The lowest BCUT2D eigenvalue weighted by Crippen LogP contribution is -2.63. The Kier molecular flexibility index (Phi) is 3.40. The SMILES string of the molecule is CCC1(O)CN(C(=O)Cc2ccc(Cl)cc2)C1. The first-order valence-corrected chi connectivity index (χ1v) is 6.15. The topological polar surface area (TPSA) is 40.5 Å². The van der Waals surface area contributed by atoms with Crippen molar-refractivity contribution >= 4 is 17.5 Å². The second-order valence-electron chi connectivity index (χ2n) is 4.63. The summed E-state index contributed by atoms with van der Waals surface area (Å²) in [4.78, 5) is 13.6. The Morgan fingerprint density at radius 1 is 1.41 bits per heavy atom. The fraction of sp³-hybridized carbons (Fsp3) is 0.462. The third-order valence-corrected chi connectivity index (χ3v) is 3.50. The molecule has 1 aromatic carbocycles. The van der Waals surface area contributed by atoms with Crippen LogP contribution in [0.5, 0.6) is 0 Å². The van der Waals surface area contributed by atoms with Crippen molar-refractivity contribution in [3.63, 3.8) is 0 Å². The van der Waals surface area contributed by atoms with Crippen molar-refractivity contribution in [2.45, 2.75) is 25.4 Å². The Hall–Kier alpha value is -1.06. The standard InChI is InChI=1S/C13H16ClNO2/c1-2-13(17)8-15(9-13)12(16)7-10-3-5-11(14)6-4-10/h3-6,17H,2,7-9H2,1H3. The number of amides is 1. The van der Waals surface area contributed by atoms with Crippen LogP contribution in [0.2, 0.25) is 5.02 Å². The second-order valence-corrected chi connectivity index (χ2v) is 5.07. The number of hydrogen-bond acceptors (Lipinski definition) is 2. The van der Waals surface area contributed by atoms with Gasteiger partial charge in [-0.15, -0.1) is 0 Å². The third-order valence-electron chi connectivity index (χ3n) is 3.25. The number of halogens is 1. The fourth-order valence-corrected chi connectivity index (χ4v) is 2.08. The summed E-state index contributed by atoms with van der Waals surface area (Å²) in [6, 6.07) is 7.27. The lowest BCUT2D eigenvalue weighted by molar-refractivity contribution is -0.155. The molecule has 0 aliphatic carbocycles. The molecule has 0 unspecified atom stereocenters. The van der Waals surface area contributed by atoms with E-state index in [1.54, 1.807) is 17.0 Å². The van der Waals surface area contributed by atoms with E-state index in [-0.39, 0.29) is 5.91 Å². The van der Waals surface area contributed by atoms with E-state index < -0.39 is 5.60 Å². The summed E-state index contributed by atoms with van der Waals surface area (Å²) in [6.45, 7) is 2.84. The first-order chi connectivity index (χ1) is 8.02. The molecule has 1 aromatic rings. The van der Waals surface area contributed by atoms with Crippen LogP contribution in [-0.2, 0) is 11.2 Å². The Balaban J connectivity index is 1.89. The molecule has 1 aliphatic heterocycles. The van der Waals surface area contributed by atoms with E-state index in [0.717, 1.165) is 5.56 Å². The Morgan fingerprint density at radius 2 is 2.00 bits per heavy atom. The van der Waals surface area contributed by atoms with Crippen LogP contribution in [-0.4, -0.2) is 34.6 Å². The van der Waals surface area contributed by atoms with E-state index in [1.807, 2.05) is 19.1 Å². The van der Waals surface area contributed by atoms with Gasteiger partial charge < -0.3 is 10.0 Å². The smallest absolute Gasteiger partial charge is 0.227 e. The molecule has 0 radical (unpaired) electrons. The molecule has 1 heterocycles. The number of aliphatic hydroxyl groups is 1. The predicted octanol–water partition coefficient (Wildman–Crippen LogP) is 1.87. The van der Waals surface area contributed by atoms with Crippen molar-refractivity contribution in [3.05, 3.63) is 34.9 Å². The molecule has 1 fully saturated rings. The van der Waals surface area contributed by atoms with Gasteiger partial charge >= 0.3 is 0 Å². The van der Waals surface area contributed by atoms with Crippen LogP contribution in [0.15, 0.2) is 24.3 Å². The van der Waals surface area contributed by atoms with Gasteiger partial charge in [-0.25, -0.2) is 0 Å². The maximum atomic E-state index is 11.9. The van der Waals surface area contributed by atoms with Gasteiger partial charge in [-0.1, -0.05) is 30.7 Å². The lowest BCUT2D eigenvalue weighted by Gasteiger charge is -2.46. The number of rotatable bonds is 3. The van der Waals surface area contributed by atoms with Crippen LogP contribution >= 0.6 is 11.6 Å². The van der Waals surface area contributed by atoms with Crippen LogP contribution in [0.4, 0.5) is 0 Å². The molecule has 0 saturated carbocycles. The molecule has 92 valence electrons. The first kappa shape index (κ1) is 12.4. The van der Waals surface area contributed by atoms with E-state index in [0.29, 0.717) is 31.0 Å². The van der Waals surface area contributed by atoms with Gasteiger partial charge in [0.25, 0.3) is 0 Å². The number of nitrogens with zero attached hydrogens (tertiary/aromatic N) is 1. The quantitative estimate of drug-likeness (QED) is 0.893. The van der Waals surface area contributed by atoms with E-state index in [9.17, 15) is 9.90 Å². The van der Waals surface area contributed by atoms with Gasteiger partial charge in [-0.2, -0.15) is 0 Å². The highest BCUT2D eigenvalue weighted by molar-refractivity contribution is 6.30. The summed E-state index contributed by atoms with van der Waals surface area (Å²) in [6.07, 6.45) is 1.06. The van der Waals surface area contributed by atoms with Crippen molar-refractivity contribution in [3.8, 4) is 0 Å². The van der Waals surface area contributed by atoms with Crippen LogP contribution in [0, 0.1) is 0 Å². The summed E-state index contributed by atoms with van der Waals surface area (Å²) in [5, 5.41) is 10.5. The highest BCUT2D eigenvalue weighted by Crippen LogP contribution is 2.24. The normalized spacial score (nSPS) is 17.7. The van der Waals surface area contributed by atoms with Crippen LogP contribution < -0.4 is 0 Å². The first-order valence-electron chi connectivity index (χ1n) is 5.77. The summed E-state index contributed by atoms with van der Waals surface area (Å²) in [5.74, 6) is 0.0606. The van der Waals surface area contributed by atoms with E-state index in [2.05, 4.69) is 0 Å². The predicted molar refractivity (Wildman–Crippen MR) is 67.0 cm³/mol. The minimum Gasteiger partial charge on any atom is -0.386 e. The van der Waals surface area contributed by atoms with Gasteiger partial charge in [0.05, 0.1) is 25.1 Å². The molecule has 1 amide bonds. The fourth-order valence-electron chi connectivity index (χ4n) is 1.95. The average molecular weight is 254 g/mol. The van der Waals surface area contributed by atoms with Gasteiger partial charge in [0.1, 0.15) is 0 Å². The zero-order valence-electron chi connectivity index (χ0n) is 9.82. The van der Waals surface area contributed by atoms with Gasteiger partial charge in [0.15, 0.2) is 0 Å². The van der Waals surface area contributed by atoms with Gasteiger partial charge in [-0.05, 0) is 24.1 Å². The number of β-amino-alcohol motifs (C(OH)–C–C–N with tert-alkyl or cyclic N) is 1. The minimum absolute atomic E-state index is 0.0606. The number of carbonyl (C=O) groups excluding carboxylic acids is 1. The molecule has 17 heavy (non-hydrogen) atoms. The Bertz CT molecular complexity index is 410. The van der Waals surface area contributed by atoms with Crippen LogP contribution in [0.3, 0.4) is 0 Å². The van der Waals surface area contributed by atoms with Crippen molar-refractivity contribution in [2.24, 2.45) is 0 Å². The molecular weight excluding hydrogens is 238 g/mol. The number of hydrogen-bond donors (Lipinski definition) is 1. The largest absolute Gasteiger partial charge is 0.386 e. The molecule has 2 rings (SSSR count). The maximum Gasteiger partial charge on any atom is 0.227 e. The zero-order valence-corrected chi connectivity index (χ0v) is 10.6. The third kappa shape index (κ3) is 2.79. The second kappa shape index (κ2) is 4.67. The van der Waals surface area contributed by atoms with Crippen molar-refractivity contribution in [2.75, 3.05) is 13.1 Å². The maximum absolute atomic E-state index is 11.9. The number of benzene rings is 1. The molecule has 3 nitrogen and oxygen atoms in total. The van der Waals surface area contributed by atoms with E-state index >= 15 is 0 Å². The van der Waals surface area contributed by atoms with Crippen LogP contribution in [0.1, 0.15) is 18.9 Å². The Labute approximate surface area is 106 Å². The monoisotopic (exact) mass is 253 g/mol. The molecule has 0 bridgehead atoms. The highest BCUT2D eigenvalue weighted by Gasteiger charge is 2.41. The summed E-state index contributed by atoms with van der Waals surface area (Å²) in [7, 11) is 0. The summed E-state index contributed by atoms with van der Waals surface area (Å²) < 4.78 is 0. The van der Waals surface area contributed by atoms with Gasteiger partial charge in [-0.3, -0.25) is 4.79 Å². The molecule has 1 N–H and O–H groups in total. The minimum atomic E-state index is -0.657. The Morgan fingerprint density at radius 3 is 2.53 bits per heavy atom. The van der Waals surface area contributed by atoms with E-state index in [4.69, 9.17) is 11.6 Å². The number of likely N-dealkylation sites (tertiary alicyclic amines) is 1. The lowest BCUT2D eigenvalue weighted by atomic mass is 9.91. The van der Waals surface area contributed by atoms with Gasteiger partial charge in [0, 0.05) is 5.02 Å². The van der Waals surface area contributed by atoms with Crippen molar-refractivity contribution in [1.82, 2.24) is 4.90 Å². The summed E-state index contributed by atoms with van der Waals surface area (Å²) in [5.41, 5.74) is 0.293. The molecule has 0 atom stereocenters. The van der Waals surface area contributed by atoms with E-state index in [1.165, 1.54) is 0 Å². The molecule has 0 aromatic heterocycles. The van der Waals surface area contributed by atoms with Crippen molar-refractivity contribution < 1.29 is 9.90 Å². The molecular formula is C13H16ClNO2. The number of carbonyl (C=O) groups is 1. The highest BCUT2D eigenvalue weighted by atomic mass is 35.5. The molecule has 0 spiro atoms. The van der Waals surface area contributed by atoms with Crippen molar-refractivity contribution in [1.29, 1.82) is 0 Å². The zero-order chi connectivity index (χ0) is 12.5. The molecule has 4 heteroatoms. The molecule has 1 saturated heterocycles. The molecule has 1 aliphatic rings. The van der Waals surface area contributed by atoms with Gasteiger partial charge in [0.2, 0.25) is 5.91 Å². The average Bonchev–Trinajstić information content (AvgIpc) is 2.28.